The Morgan fingerprint density at radius 3 is 2.24 bits per heavy atom. The van der Waals surface area contributed by atoms with E-state index in [0.29, 0.717) is 55.6 Å². The molecule has 0 fully saturated rings. The Bertz CT molecular complexity index is 1740. The fourth-order valence-electron chi connectivity index (χ4n) is 4.19. The number of nitrogens with one attached hydrogen (secondary N) is 2. The van der Waals surface area contributed by atoms with Gasteiger partial charge in [-0.1, -0.05) is 29.5 Å². The summed E-state index contributed by atoms with van der Waals surface area (Å²) in [5.74, 6) is -1.19. The van der Waals surface area contributed by atoms with Crippen molar-refractivity contribution in [3.05, 3.63) is 84.1 Å². The largest absolute Gasteiger partial charge is 0.493 e. The van der Waals surface area contributed by atoms with Crippen LogP contribution in [-0.4, -0.2) is 42.2 Å². The molecule has 2 aromatic heterocycles. The third-order valence-electron chi connectivity index (χ3n) is 6.04. The number of nitrogens with two attached hydrogens (primary N) is 1. The summed E-state index contributed by atoms with van der Waals surface area (Å²) < 4.78 is 44.4. The van der Waals surface area contributed by atoms with Gasteiger partial charge in [-0.2, -0.15) is 0 Å². The van der Waals surface area contributed by atoms with Crippen molar-refractivity contribution in [2.75, 3.05) is 37.7 Å². The summed E-state index contributed by atoms with van der Waals surface area (Å²) in [5, 5.41) is 5.97. The van der Waals surface area contributed by atoms with Gasteiger partial charge in [-0.25, -0.2) is 23.7 Å². The molecule has 1 amide bonds. The van der Waals surface area contributed by atoms with Crippen molar-refractivity contribution in [3.8, 4) is 39.1 Å². The Labute approximate surface area is 243 Å². The number of hydrogen-bond donors (Lipinski definition) is 3. The Balaban J connectivity index is 1.44. The second-order valence-corrected chi connectivity index (χ2v) is 9.70. The molecule has 42 heavy (non-hydrogen) atoms. The average molecular weight is 591 g/mol. The van der Waals surface area contributed by atoms with E-state index in [1.165, 1.54) is 38.7 Å². The number of thiazole rings is 1. The van der Waals surface area contributed by atoms with Gasteiger partial charge in [0.15, 0.2) is 16.6 Å². The van der Waals surface area contributed by atoms with Gasteiger partial charge < -0.3 is 30.6 Å². The summed E-state index contributed by atoms with van der Waals surface area (Å²) in [4.78, 5) is 26.7. The van der Waals surface area contributed by atoms with Crippen molar-refractivity contribution in [1.82, 2.24) is 15.0 Å². The molecule has 0 radical (unpaired) electrons. The van der Waals surface area contributed by atoms with E-state index < -0.39 is 23.1 Å². The minimum atomic E-state index is -0.960. The zero-order chi connectivity index (χ0) is 29.8. The second kappa shape index (κ2) is 12.1. The predicted molar refractivity (Wildman–Crippen MR) is 157 cm³/mol. The molecule has 13 heteroatoms. The minimum absolute atomic E-state index is 0.285. The normalized spacial score (nSPS) is 10.7. The standard InChI is InChI=1S/C29H24F2N6O4S/c1-39-21-13-17(14-22(40-2)25(21)41-3)35-29-33-11-10-20(36-29)26-24(37-28(32)42-26)15-6-4-7-16(12-15)34-27(38)23-18(30)8-5-9-19(23)31/h4-14H,1-3H3,(H2,32,37)(H,34,38)(H,33,35,36). The number of nitrogens with zero attached hydrogens (tertiary/aromatic N) is 3. The molecule has 0 spiro atoms. The van der Waals surface area contributed by atoms with Gasteiger partial charge >= 0.3 is 0 Å². The molecule has 10 nitrogen and oxygen atoms in total. The van der Waals surface area contributed by atoms with E-state index in [1.54, 1.807) is 48.7 Å². The number of nitrogen functional groups attached to an aromatic ring is 1. The van der Waals surface area contributed by atoms with Gasteiger partial charge in [0, 0.05) is 35.3 Å². The number of aromatic nitrogens is 3. The quantitative estimate of drug-likeness (QED) is 0.185. The fourth-order valence-corrected chi connectivity index (χ4v) is 5.01. The highest BCUT2D eigenvalue weighted by atomic mass is 32.1. The van der Waals surface area contributed by atoms with Crippen molar-refractivity contribution in [2.24, 2.45) is 0 Å². The van der Waals surface area contributed by atoms with Crippen LogP contribution >= 0.6 is 11.3 Å². The number of amides is 1. The number of hydrogen-bond acceptors (Lipinski definition) is 10. The second-order valence-electron chi connectivity index (χ2n) is 8.67. The molecule has 0 aliphatic carbocycles. The van der Waals surface area contributed by atoms with E-state index in [1.807, 2.05) is 0 Å². The van der Waals surface area contributed by atoms with Gasteiger partial charge in [0.2, 0.25) is 11.7 Å². The Hall–Kier alpha value is -5.30. The molecule has 0 unspecified atom stereocenters. The van der Waals surface area contributed by atoms with E-state index in [4.69, 9.17) is 19.9 Å². The van der Waals surface area contributed by atoms with Gasteiger partial charge in [0.05, 0.1) is 37.6 Å². The lowest BCUT2D eigenvalue weighted by molar-refractivity contribution is 0.101. The molecule has 5 aromatic rings. The fraction of sp³-hybridized carbons (Fsp3) is 0.103. The monoisotopic (exact) mass is 590 g/mol. The van der Waals surface area contributed by atoms with Crippen molar-refractivity contribution in [2.45, 2.75) is 0 Å². The number of carbonyl (C=O) groups is 1. The molecule has 0 aliphatic heterocycles. The first-order chi connectivity index (χ1) is 20.3. The SMILES string of the molecule is COc1cc(Nc2nccc(-c3sc(N)nc3-c3cccc(NC(=O)c4c(F)cccc4F)c3)n2)cc(OC)c1OC. The maximum atomic E-state index is 14.1. The lowest BCUT2D eigenvalue weighted by Gasteiger charge is -2.14. The van der Waals surface area contributed by atoms with E-state index >= 15 is 0 Å². The van der Waals surface area contributed by atoms with Crippen LogP contribution in [0.4, 0.5) is 31.2 Å². The molecule has 2 heterocycles. The molecule has 5 rings (SSSR count). The maximum absolute atomic E-state index is 14.1. The highest BCUT2D eigenvalue weighted by Gasteiger charge is 2.20. The van der Waals surface area contributed by atoms with Crippen LogP contribution in [-0.2, 0) is 0 Å². The summed E-state index contributed by atoms with van der Waals surface area (Å²) in [6.45, 7) is 0. The van der Waals surface area contributed by atoms with Crippen LogP contribution in [0, 0.1) is 11.6 Å². The summed E-state index contributed by atoms with van der Waals surface area (Å²) in [5.41, 5.74) is 7.96. The molecule has 0 saturated heterocycles. The van der Waals surface area contributed by atoms with Crippen LogP contribution in [0.15, 0.2) is 66.9 Å². The predicted octanol–water partition coefficient (Wildman–Crippen LogP) is 6.15. The summed E-state index contributed by atoms with van der Waals surface area (Å²) in [6, 6.07) is 15.1. The van der Waals surface area contributed by atoms with E-state index in [9.17, 15) is 13.6 Å². The van der Waals surface area contributed by atoms with Crippen LogP contribution in [0.1, 0.15) is 10.4 Å². The molecule has 3 aromatic carbocycles. The molecule has 0 aliphatic rings. The van der Waals surface area contributed by atoms with Crippen LogP contribution in [0.2, 0.25) is 0 Å². The van der Waals surface area contributed by atoms with Gasteiger partial charge in [-0.05, 0) is 30.3 Å². The molecular formula is C29H24F2N6O4S. The van der Waals surface area contributed by atoms with E-state index in [-0.39, 0.29) is 5.95 Å². The summed E-state index contributed by atoms with van der Waals surface area (Å²) in [7, 11) is 4.56. The zero-order valence-corrected chi connectivity index (χ0v) is 23.4. The Morgan fingerprint density at radius 1 is 0.881 bits per heavy atom. The van der Waals surface area contributed by atoms with Crippen molar-refractivity contribution in [3.63, 3.8) is 0 Å². The van der Waals surface area contributed by atoms with Crippen LogP contribution in [0.25, 0.3) is 21.8 Å². The molecule has 0 bridgehead atoms. The van der Waals surface area contributed by atoms with Gasteiger partial charge in [-0.15, -0.1) is 0 Å². The molecule has 0 atom stereocenters. The lowest BCUT2D eigenvalue weighted by atomic mass is 10.1. The smallest absolute Gasteiger partial charge is 0.261 e. The van der Waals surface area contributed by atoms with Crippen LogP contribution < -0.4 is 30.6 Å². The number of carbonyl (C=O) groups excluding carboxylic acids is 1. The summed E-state index contributed by atoms with van der Waals surface area (Å²) >= 11 is 1.22. The highest BCUT2D eigenvalue weighted by Crippen LogP contribution is 2.41. The Kier molecular flexibility index (Phi) is 8.11. The molecule has 0 saturated carbocycles. The lowest BCUT2D eigenvalue weighted by Crippen LogP contribution is -2.15. The van der Waals surface area contributed by atoms with E-state index in [0.717, 1.165) is 12.1 Å². The van der Waals surface area contributed by atoms with Crippen LogP contribution in [0.5, 0.6) is 17.2 Å². The van der Waals surface area contributed by atoms with Crippen molar-refractivity contribution in [1.29, 1.82) is 0 Å². The summed E-state index contributed by atoms with van der Waals surface area (Å²) in [6.07, 6.45) is 1.59. The van der Waals surface area contributed by atoms with Gasteiger partial charge in [0.25, 0.3) is 5.91 Å². The number of ether oxygens (including phenoxy) is 3. The first-order valence-electron chi connectivity index (χ1n) is 12.3. The molecule has 214 valence electrons. The number of benzene rings is 3. The highest BCUT2D eigenvalue weighted by molar-refractivity contribution is 7.19. The molecular weight excluding hydrogens is 566 g/mol. The van der Waals surface area contributed by atoms with Crippen LogP contribution in [0.3, 0.4) is 0 Å². The topological polar surface area (TPSA) is 134 Å². The third kappa shape index (κ3) is 5.76. The number of rotatable bonds is 9. The van der Waals surface area contributed by atoms with Gasteiger partial charge in [0.1, 0.15) is 17.2 Å². The third-order valence-corrected chi connectivity index (χ3v) is 6.94. The number of methoxy groups -OCH3 is 3. The Morgan fingerprint density at radius 2 is 1.57 bits per heavy atom. The van der Waals surface area contributed by atoms with Crippen molar-refractivity contribution < 1.29 is 27.8 Å². The average Bonchev–Trinajstić information content (AvgIpc) is 3.38. The zero-order valence-electron chi connectivity index (χ0n) is 22.6. The maximum Gasteiger partial charge on any atom is 0.261 e. The minimum Gasteiger partial charge on any atom is -0.493 e. The number of halogens is 2. The van der Waals surface area contributed by atoms with Crippen molar-refractivity contribution >= 4 is 39.7 Å². The van der Waals surface area contributed by atoms with Gasteiger partial charge in [-0.3, -0.25) is 4.79 Å². The molecule has 4 N–H and O–H groups in total. The van der Waals surface area contributed by atoms with E-state index in [2.05, 4.69) is 25.6 Å². The first-order valence-corrected chi connectivity index (χ1v) is 13.2. The first kappa shape index (κ1) is 28.2. The number of anilines is 4.